The molecule has 1 N–H and O–H groups in total. The van der Waals surface area contributed by atoms with E-state index >= 15 is 0 Å². The molecule has 0 aliphatic heterocycles. The third kappa shape index (κ3) is 3.32. The second-order valence-electron chi connectivity index (χ2n) is 13.9. The molecule has 1 heterocycles. The van der Waals surface area contributed by atoms with E-state index in [4.69, 9.17) is 0 Å². The number of fused-ring (bicyclic) bond motifs is 6. The van der Waals surface area contributed by atoms with Gasteiger partial charge in [-0.3, -0.25) is 4.79 Å². The molecule has 4 fully saturated rings. The highest BCUT2D eigenvalue weighted by Gasteiger charge is 2.62. The highest BCUT2D eigenvalue weighted by Crippen LogP contribution is 2.68. The van der Waals surface area contributed by atoms with Crippen molar-refractivity contribution >= 4 is 16.8 Å². The Hall–Kier alpha value is -1.75. The van der Waals surface area contributed by atoms with Crippen molar-refractivity contribution in [2.75, 3.05) is 0 Å². The summed E-state index contributed by atoms with van der Waals surface area (Å²) in [7, 11) is 0. The van der Waals surface area contributed by atoms with Crippen molar-refractivity contribution in [3.63, 3.8) is 0 Å². The van der Waals surface area contributed by atoms with Gasteiger partial charge in [0, 0.05) is 5.92 Å². The van der Waals surface area contributed by atoms with Gasteiger partial charge >= 0.3 is 0 Å². The summed E-state index contributed by atoms with van der Waals surface area (Å²) in [5, 5.41) is 19.6. The first-order valence-electron chi connectivity index (χ1n) is 14.0. The molecule has 0 amide bonds. The maximum atomic E-state index is 14.3. The monoisotopic (exact) mass is 477 g/mol. The lowest BCUT2D eigenvalue weighted by Crippen LogP contribution is -2.56. The van der Waals surface area contributed by atoms with Gasteiger partial charge in [-0.2, -0.15) is 0 Å². The second-order valence-corrected chi connectivity index (χ2v) is 13.9. The molecule has 1 aromatic carbocycles. The maximum absolute atomic E-state index is 14.3. The molecular formula is C30H43N3O2. The van der Waals surface area contributed by atoms with Crippen molar-refractivity contribution in [3.05, 3.63) is 24.3 Å². The number of hydrogen-bond donors (Lipinski definition) is 1. The van der Waals surface area contributed by atoms with E-state index in [0.29, 0.717) is 23.0 Å². The van der Waals surface area contributed by atoms with Crippen LogP contribution in [-0.2, 0) is 10.3 Å². The molecule has 0 saturated heterocycles. The van der Waals surface area contributed by atoms with Gasteiger partial charge in [-0.25, -0.2) is 4.68 Å². The number of aromatic nitrogens is 3. The number of nitrogens with zero attached hydrogens (tertiary/aromatic N) is 3. The third-order valence-corrected chi connectivity index (χ3v) is 11.8. The highest BCUT2D eigenvalue weighted by molar-refractivity contribution is 5.90. The highest BCUT2D eigenvalue weighted by atomic mass is 16.3. The topological polar surface area (TPSA) is 68.0 Å². The van der Waals surface area contributed by atoms with E-state index in [2.05, 4.69) is 24.2 Å². The summed E-state index contributed by atoms with van der Waals surface area (Å²) in [6.45, 7) is 11.1. The predicted octanol–water partition coefficient (Wildman–Crippen LogP) is 6.15. The minimum atomic E-state index is -0.714. The number of Topliss-reactive ketones (excluding diaryl/α,β-unsaturated/α-hetero) is 1. The lowest BCUT2D eigenvalue weighted by molar-refractivity contribution is -0.153. The zero-order valence-electron chi connectivity index (χ0n) is 22.3. The van der Waals surface area contributed by atoms with E-state index in [1.807, 2.05) is 49.7 Å². The first-order valence-corrected chi connectivity index (χ1v) is 14.0. The van der Waals surface area contributed by atoms with Crippen LogP contribution in [-0.4, -0.2) is 31.5 Å². The average molecular weight is 478 g/mol. The van der Waals surface area contributed by atoms with Gasteiger partial charge in [0.15, 0.2) is 5.78 Å². The molecule has 8 atom stereocenters. The summed E-state index contributed by atoms with van der Waals surface area (Å²) in [5.74, 6) is 3.19. The number of carbonyl (C=O) groups excluding carboxylic acids is 1. The smallest absolute Gasteiger partial charge is 0.163 e. The molecule has 4 aliphatic rings. The van der Waals surface area contributed by atoms with Gasteiger partial charge in [-0.1, -0.05) is 31.2 Å². The van der Waals surface area contributed by atoms with E-state index in [-0.39, 0.29) is 11.3 Å². The largest absolute Gasteiger partial charge is 0.390 e. The fourth-order valence-electron chi connectivity index (χ4n) is 9.67. The minimum Gasteiger partial charge on any atom is -0.390 e. The van der Waals surface area contributed by atoms with E-state index in [9.17, 15) is 9.90 Å². The van der Waals surface area contributed by atoms with Crippen LogP contribution in [0.15, 0.2) is 24.3 Å². The lowest BCUT2D eigenvalue weighted by Gasteiger charge is -2.62. The van der Waals surface area contributed by atoms with E-state index < -0.39 is 11.1 Å². The van der Waals surface area contributed by atoms with Crippen molar-refractivity contribution in [1.29, 1.82) is 0 Å². The molecule has 0 bridgehead atoms. The van der Waals surface area contributed by atoms with Gasteiger partial charge in [0.2, 0.25) is 0 Å². The summed E-state index contributed by atoms with van der Waals surface area (Å²) < 4.78 is 1.87. The van der Waals surface area contributed by atoms with Gasteiger partial charge in [0.1, 0.15) is 11.1 Å². The molecule has 0 unspecified atom stereocenters. The summed E-state index contributed by atoms with van der Waals surface area (Å²) in [6, 6.07) is 7.96. The standard InChI is InChI=1S/C30H43N3O2/c1-27(2,33-25-9-7-6-8-24(25)31-32-33)26(34)23-13-12-21-20-11-10-19-18-28(3,35)16-17-29(19,4)22(20)14-15-30(21,23)5/h6-9,19-23,35H,10-18H2,1-5H3/t19-,20-,21-,22-,23+,28+,29-,30-/m0/s1. The van der Waals surface area contributed by atoms with E-state index in [1.165, 1.54) is 25.7 Å². The number of ketones is 1. The zero-order valence-corrected chi connectivity index (χ0v) is 22.3. The summed E-state index contributed by atoms with van der Waals surface area (Å²) >= 11 is 0. The zero-order chi connectivity index (χ0) is 24.8. The number of aliphatic hydroxyl groups is 1. The molecule has 4 saturated carbocycles. The molecular weight excluding hydrogens is 434 g/mol. The van der Waals surface area contributed by atoms with Crippen LogP contribution in [0.25, 0.3) is 11.0 Å². The summed E-state index contributed by atoms with van der Waals surface area (Å²) in [4.78, 5) is 14.3. The molecule has 35 heavy (non-hydrogen) atoms. The number of para-hydroxylation sites is 1. The van der Waals surface area contributed by atoms with Gasteiger partial charge < -0.3 is 5.11 Å². The van der Waals surface area contributed by atoms with E-state index in [0.717, 1.165) is 55.0 Å². The number of rotatable bonds is 3. The van der Waals surface area contributed by atoms with Gasteiger partial charge in [0.05, 0.1) is 11.1 Å². The Balaban J connectivity index is 1.27. The van der Waals surface area contributed by atoms with Crippen molar-refractivity contribution in [3.8, 4) is 0 Å². The third-order valence-electron chi connectivity index (χ3n) is 11.8. The molecule has 0 spiro atoms. The molecule has 4 aliphatic carbocycles. The number of carbonyl (C=O) groups is 1. The van der Waals surface area contributed by atoms with Crippen LogP contribution < -0.4 is 0 Å². The average Bonchev–Trinajstić information content (AvgIpc) is 3.40. The van der Waals surface area contributed by atoms with Crippen LogP contribution in [0.1, 0.15) is 92.4 Å². The number of hydrogen-bond acceptors (Lipinski definition) is 4. The lowest BCUT2D eigenvalue weighted by atomic mass is 9.44. The molecule has 190 valence electrons. The Bertz CT molecular complexity index is 1150. The summed E-state index contributed by atoms with van der Waals surface area (Å²) in [6.07, 6.45) is 10.2. The minimum absolute atomic E-state index is 0.0786. The van der Waals surface area contributed by atoms with Crippen molar-refractivity contribution in [2.24, 2.45) is 40.4 Å². The molecule has 5 nitrogen and oxygen atoms in total. The van der Waals surface area contributed by atoms with Crippen molar-refractivity contribution in [1.82, 2.24) is 15.0 Å². The van der Waals surface area contributed by atoms with Crippen molar-refractivity contribution in [2.45, 2.75) is 104 Å². The Morgan fingerprint density at radius 2 is 1.71 bits per heavy atom. The van der Waals surface area contributed by atoms with Crippen LogP contribution in [0.4, 0.5) is 0 Å². The molecule has 6 rings (SSSR count). The van der Waals surface area contributed by atoms with Gasteiger partial charge in [0.25, 0.3) is 0 Å². The Morgan fingerprint density at radius 1 is 0.971 bits per heavy atom. The second kappa shape index (κ2) is 7.63. The van der Waals surface area contributed by atoms with Crippen LogP contribution in [0.3, 0.4) is 0 Å². The quantitative estimate of drug-likeness (QED) is 0.576. The molecule has 1 aromatic heterocycles. The molecule has 2 aromatic rings. The normalized spacial score (nSPS) is 43.4. The summed E-state index contributed by atoms with van der Waals surface area (Å²) in [5.41, 5.74) is 1.02. The van der Waals surface area contributed by atoms with Crippen LogP contribution in [0.2, 0.25) is 0 Å². The van der Waals surface area contributed by atoms with Crippen LogP contribution in [0.5, 0.6) is 0 Å². The Kier molecular flexibility index (Phi) is 5.15. The van der Waals surface area contributed by atoms with Gasteiger partial charge in [-0.15, -0.1) is 5.10 Å². The first-order chi connectivity index (χ1) is 16.5. The first kappa shape index (κ1) is 23.6. The van der Waals surface area contributed by atoms with Crippen molar-refractivity contribution < 1.29 is 9.90 Å². The Labute approximate surface area is 210 Å². The SMILES string of the molecule is CC(C)(C(=O)[C@H]1CC[C@H]2[C@@H]3CC[C@H]4C[C@](C)(O)CC[C@]4(C)[C@H]3CC[C@]12C)n1nnc2ccccc21. The number of benzene rings is 1. The van der Waals surface area contributed by atoms with Gasteiger partial charge in [-0.05, 0) is 125 Å². The fourth-order valence-corrected chi connectivity index (χ4v) is 9.67. The van der Waals surface area contributed by atoms with Crippen LogP contribution in [0, 0.1) is 40.4 Å². The predicted molar refractivity (Wildman–Crippen MR) is 138 cm³/mol. The fraction of sp³-hybridized carbons (Fsp3) is 0.767. The maximum Gasteiger partial charge on any atom is 0.163 e. The molecule has 5 heteroatoms. The van der Waals surface area contributed by atoms with E-state index in [1.54, 1.807) is 0 Å². The van der Waals surface area contributed by atoms with Crippen LogP contribution >= 0.6 is 0 Å². The Morgan fingerprint density at radius 3 is 2.51 bits per heavy atom. The molecule has 0 radical (unpaired) electrons.